The summed E-state index contributed by atoms with van der Waals surface area (Å²) in [5, 5.41) is 8.59. The van der Waals surface area contributed by atoms with E-state index in [1.807, 2.05) is 0 Å². The fourth-order valence-electron chi connectivity index (χ4n) is 0.781. The Hall–Kier alpha value is -1.14. The van der Waals surface area contributed by atoms with Crippen molar-refractivity contribution in [1.29, 1.82) is 0 Å². The molecule has 1 atom stereocenters. The van der Waals surface area contributed by atoms with Gasteiger partial charge >= 0.3 is 5.97 Å². The molecule has 0 spiro atoms. The van der Waals surface area contributed by atoms with Crippen molar-refractivity contribution in [2.45, 2.75) is 10.4 Å². The molecule has 0 aliphatic rings. The maximum atomic E-state index is 10.7. The van der Waals surface area contributed by atoms with Gasteiger partial charge in [-0.1, -0.05) is 11.8 Å². The molecule has 0 aromatic carbocycles. The molecule has 5 nitrogen and oxygen atoms in total. The number of rotatable bonds is 5. The summed E-state index contributed by atoms with van der Waals surface area (Å²) in [4.78, 5) is 18.6. The Labute approximate surface area is 85.5 Å². The van der Waals surface area contributed by atoms with Gasteiger partial charge in [0, 0.05) is 19.5 Å². The molecule has 0 aliphatic heterocycles. The van der Waals surface area contributed by atoms with Crippen molar-refractivity contribution in [3.63, 3.8) is 0 Å². The van der Waals surface area contributed by atoms with Gasteiger partial charge in [0.1, 0.15) is 5.25 Å². The molecule has 0 saturated carbocycles. The molecule has 1 heterocycles. The third-order valence-electron chi connectivity index (χ3n) is 1.38. The summed E-state index contributed by atoms with van der Waals surface area (Å²) in [7, 11) is 1.46. The van der Waals surface area contributed by atoms with Crippen LogP contribution in [-0.2, 0) is 9.53 Å². The first-order valence-corrected chi connectivity index (χ1v) is 4.77. The number of nitrogens with zero attached hydrogens (tertiary/aromatic N) is 2. The predicted molar refractivity (Wildman–Crippen MR) is 51.2 cm³/mol. The molecule has 1 unspecified atom stereocenters. The molecule has 0 aliphatic carbocycles. The zero-order valence-electron chi connectivity index (χ0n) is 7.58. The Morgan fingerprint density at radius 1 is 1.64 bits per heavy atom. The van der Waals surface area contributed by atoms with E-state index in [1.165, 1.54) is 7.11 Å². The lowest BCUT2D eigenvalue weighted by Crippen LogP contribution is -2.22. The van der Waals surface area contributed by atoms with Crippen molar-refractivity contribution in [1.82, 2.24) is 9.97 Å². The Balaban J connectivity index is 2.60. The first-order valence-electron chi connectivity index (χ1n) is 3.89. The van der Waals surface area contributed by atoms with Gasteiger partial charge in [0.15, 0.2) is 5.16 Å². The molecule has 0 fully saturated rings. The highest BCUT2D eigenvalue weighted by molar-refractivity contribution is 8.00. The first-order chi connectivity index (χ1) is 6.74. The number of methoxy groups -OCH3 is 1. The lowest BCUT2D eigenvalue weighted by molar-refractivity contribution is -0.137. The van der Waals surface area contributed by atoms with Crippen LogP contribution in [0.2, 0.25) is 0 Å². The molecule has 0 radical (unpaired) electrons. The second-order valence-corrected chi connectivity index (χ2v) is 3.60. The highest BCUT2D eigenvalue weighted by Crippen LogP contribution is 2.18. The molecule has 0 amide bonds. The largest absolute Gasteiger partial charge is 0.480 e. The molecule has 1 aromatic rings. The van der Waals surface area contributed by atoms with Gasteiger partial charge in [-0.25, -0.2) is 9.97 Å². The van der Waals surface area contributed by atoms with Gasteiger partial charge in [0.2, 0.25) is 0 Å². The molecular formula is C8H10N2O3S. The van der Waals surface area contributed by atoms with E-state index in [1.54, 1.807) is 18.5 Å². The molecule has 14 heavy (non-hydrogen) atoms. The smallest absolute Gasteiger partial charge is 0.319 e. The van der Waals surface area contributed by atoms with Crippen LogP contribution in [0.15, 0.2) is 23.6 Å². The fourth-order valence-corrected chi connectivity index (χ4v) is 1.58. The van der Waals surface area contributed by atoms with Crippen LogP contribution in [-0.4, -0.2) is 40.0 Å². The van der Waals surface area contributed by atoms with E-state index < -0.39 is 11.2 Å². The number of ether oxygens (including phenoxy) is 1. The van der Waals surface area contributed by atoms with Crippen molar-refractivity contribution in [2.75, 3.05) is 13.7 Å². The molecular weight excluding hydrogens is 204 g/mol. The van der Waals surface area contributed by atoms with Gasteiger partial charge in [-0.2, -0.15) is 0 Å². The van der Waals surface area contributed by atoms with Crippen LogP contribution in [0.3, 0.4) is 0 Å². The summed E-state index contributed by atoms with van der Waals surface area (Å²) in [6, 6.07) is 1.68. The molecule has 1 N–H and O–H groups in total. The second kappa shape index (κ2) is 5.56. The minimum atomic E-state index is -0.927. The average Bonchev–Trinajstić information content (AvgIpc) is 2.18. The summed E-state index contributed by atoms with van der Waals surface area (Å²) in [6.45, 7) is 0.137. The molecule has 1 aromatic heterocycles. The summed E-state index contributed by atoms with van der Waals surface area (Å²) in [6.07, 6.45) is 3.14. The van der Waals surface area contributed by atoms with E-state index in [0.717, 1.165) is 11.8 Å². The van der Waals surface area contributed by atoms with Gasteiger partial charge in [-0.15, -0.1) is 0 Å². The number of carboxylic acids is 1. The summed E-state index contributed by atoms with van der Waals surface area (Å²) in [5.74, 6) is -0.927. The highest BCUT2D eigenvalue weighted by atomic mass is 32.2. The van der Waals surface area contributed by atoms with Crippen LogP contribution >= 0.6 is 11.8 Å². The number of aliphatic carboxylic acids is 1. The SMILES string of the molecule is COCC(Sc1ncccn1)C(=O)O. The third-order valence-corrected chi connectivity index (χ3v) is 2.43. The molecule has 6 heteroatoms. The number of aromatic nitrogens is 2. The van der Waals surface area contributed by atoms with Gasteiger partial charge in [0.25, 0.3) is 0 Å². The van der Waals surface area contributed by atoms with Gasteiger partial charge in [-0.05, 0) is 6.07 Å². The Kier molecular flexibility index (Phi) is 4.34. The van der Waals surface area contributed by atoms with Crippen molar-refractivity contribution >= 4 is 17.7 Å². The Bertz CT molecular complexity index is 294. The number of carbonyl (C=O) groups is 1. The average molecular weight is 214 g/mol. The number of hydrogen-bond acceptors (Lipinski definition) is 5. The maximum absolute atomic E-state index is 10.7. The maximum Gasteiger partial charge on any atom is 0.319 e. The van der Waals surface area contributed by atoms with E-state index in [2.05, 4.69) is 9.97 Å². The van der Waals surface area contributed by atoms with Crippen LogP contribution in [0.4, 0.5) is 0 Å². The van der Waals surface area contributed by atoms with Crippen molar-refractivity contribution < 1.29 is 14.6 Å². The number of carboxylic acid groups (broad SMARTS) is 1. The Morgan fingerprint density at radius 3 is 2.79 bits per heavy atom. The molecule has 1 rings (SSSR count). The van der Waals surface area contributed by atoms with Crippen LogP contribution in [0, 0.1) is 0 Å². The quantitative estimate of drug-likeness (QED) is 0.573. The summed E-state index contributed by atoms with van der Waals surface area (Å²) >= 11 is 1.07. The Morgan fingerprint density at radius 2 is 2.29 bits per heavy atom. The summed E-state index contributed by atoms with van der Waals surface area (Å²) < 4.78 is 4.78. The number of thioether (sulfide) groups is 1. The van der Waals surface area contributed by atoms with E-state index >= 15 is 0 Å². The highest BCUT2D eigenvalue weighted by Gasteiger charge is 2.19. The minimum absolute atomic E-state index is 0.137. The van der Waals surface area contributed by atoms with Crippen LogP contribution < -0.4 is 0 Å². The minimum Gasteiger partial charge on any atom is -0.480 e. The third kappa shape index (κ3) is 3.31. The second-order valence-electron chi connectivity index (χ2n) is 2.43. The van der Waals surface area contributed by atoms with Crippen molar-refractivity contribution in [3.8, 4) is 0 Å². The van der Waals surface area contributed by atoms with Gasteiger partial charge in [-0.3, -0.25) is 4.79 Å². The lowest BCUT2D eigenvalue weighted by atomic mass is 10.5. The van der Waals surface area contributed by atoms with E-state index in [-0.39, 0.29) is 6.61 Å². The monoisotopic (exact) mass is 214 g/mol. The van der Waals surface area contributed by atoms with Gasteiger partial charge in [0.05, 0.1) is 6.61 Å². The first kappa shape index (κ1) is 10.9. The normalized spacial score (nSPS) is 12.4. The van der Waals surface area contributed by atoms with Crippen LogP contribution in [0.1, 0.15) is 0 Å². The van der Waals surface area contributed by atoms with Crippen LogP contribution in [0.25, 0.3) is 0 Å². The molecule has 0 bridgehead atoms. The number of hydrogen-bond donors (Lipinski definition) is 1. The molecule has 0 saturated heterocycles. The predicted octanol–water partition coefficient (Wildman–Crippen LogP) is 0.668. The van der Waals surface area contributed by atoms with Gasteiger partial charge < -0.3 is 9.84 Å². The van der Waals surface area contributed by atoms with Crippen molar-refractivity contribution in [3.05, 3.63) is 18.5 Å². The van der Waals surface area contributed by atoms with E-state index in [0.29, 0.717) is 5.16 Å². The van der Waals surface area contributed by atoms with Crippen molar-refractivity contribution in [2.24, 2.45) is 0 Å². The molecule has 76 valence electrons. The lowest BCUT2D eigenvalue weighted by Gasteiger charge is -2.08. The zero-order valence-corrected chi connectivity index (χ0v) is 8.40. The van der Waals surface area contributed by atoms with Crippen LogP contribution in [0.5, 0.6) is 0 Å². The topological polar surface area (TPSA) is 72.3 Å². The van der Waals surface area contributed by atoms with E-state index in [9.17, 15) is 4.79 Å². The zero-order chi connectivity index (χ0) is 10.4. The standard InChI is InChI=1S/C8H10N2O3S/c1-13-5-6(7(11)12)14-8-9-3-2-4-10-8/h2-4,6H,5H2,1H3,(H,11,12). The summed E-state index contributed by atoms with van der Waals surface area (Å²) in [5.41, 5.74) is 0. The van der Waals surface area contributed by atoms with E-state index in [4.69, 9.17) is 9.84 Å². The fraction of sp³-hybridized carbons (Fsp3) is 0.375.